The van der Waals surface area contributed by atoms with Crippen molar-refractivity contribution in [1.82, 2.24) is 4.98 Å². The van der Waals surface area contributed by atoms with Gasteiger partial charge in [0.15, 0.2) is 0 Å². The number of carbonyl (C=O) groups is 1. The number of carboxylic acids is 1. The first-order chi connectivity index (χ1) is 9.22. The number of pyridine rings is 1. The molecule has 19 heavy (non-hydrogen) atoms. The van der Waals surface area contributed by atoms with Crippen LogP contribution in [-0.2, 0) is 4.79 Å². The lowest BCUT2D eigenvalue weighted by Gasteiger charge is -2.12. The monoisotopic (exact) mass is 270 g/mol. The summed E-state index contributed by atoms with van der Waals surface area (Å²) in [7, 11) is 0. The quantitative estimate of drug-likeness (QED) is 0.865. The van der Waals surface area contributed by atoms with E-state index in [4.69, 9.17) is 5.26 Å². The number of nitriles is 1. The Kier molecular flexibility index (Phi) is 4.16. The van der Waals surface area contributed by atoms with Crippen LogP contribution in [0.3, 0.4) is 0 Å². The van der Waals surface area contributed by atoms with Crippen molar-refractivity contribution in [3.8, 4) is 6.07 Å². The van der Waals surface area contributed by atoms with Crippen LogP contribution < -0.4 is 0 Å². The van der Waals surface area contributed by atoms with Crippen molar-refractivity contribution in [3.63, 3.8) is 0 Å². The Morgan fingerprint density at radius 3 is 2.63 bits per heavy atom. The molecule has 4 nitrogen and oxygen atoms in total. The van der Waals surface area contributed by atoms with Gasteiger partial charge < -0.3 is 5.11 Å². The van der Waals surface area contributed by atoms with Gasteiger partial charge in [0.2, 0.25) is 0 Å². The summed E-state index contributed by atoms with van der Waals surface area (Å²) >= 11 is 1.07. The molecule has 0 bridgehead atoms. The second-order valence-corrected chi connectivity index (χ2v) is 4.81. The average Bonchev–Trinajstić information content (AvgIpc) is 2.45. The van der Waals surface area contributed by atoms with Gasteiger partial charge >= 0.3 is 5.97 Å². The third kappa shape index (κ3) is 3.12. The Balaban J connectivity index is 2.33. The summed E-state index contributed by atoms with van der Waals surface area (Å²) in [5.41, 5.74) is 1.06. The molecule has 1 aromatic carbocycles. The van der Waals surface area contributed by atoms with Crippen LogP contribution in [-0.4, -0.2) is 16.1 Å². The highest BCUT2D eigenvalue weighted by molar-refractivity contribution is 8.00. The van der Waals surface area contributed by atoms with Crippen LogP contribution in [0, 0.1) is 11.3 Å². The third-order valence-electron chi connectivity index (χ3n) is 2.45. The van der Waals surface area contributed by atoms with Crippen molar-refractivity contribution < 1.29 is 9.90 Å². The Morgan fingerprint density at radius 2 is 2.00 bits per heavy atom. The summed E-state index contributed by atoms with van der Waals surface area (Å²) in [6.07, 6.45) is 1.55. The maximum absolute atomic E-state index is 11.4. The molecule has 0 fully saturated rings. The maximum atomic E-state index is 11.4. The van der Waals surface area contributed by atoms with E-state index in [1.165, 1.54) is 0 Å². The van der Waals surface area contributed by atoms with E-state index in [1.807, 2.05) is 12.1 Å². The van der Waals surface area contributed by atoms with E-state index in [1.54, 1.807) is 42.6 Å². The van der Waals surface area contributed by atoms with Gasteiger partial charge in [-0.15, -0.1) is 0 Å². The minimum absolute atomic E-state index is 0.384. The standard InChI is InChI=1S/C14H10N2O2S/c15-9-11-7-4-8-16-13(11)19-12(14(17)18)10-5-2-1-3-6-10/h1-8,12H,(H,17,18)/t12-/m0/s1. The van der Waals surface area contributed by atoms with Crippen molar-refractivity contribution in [2.75, 3.05) is 0 Å². The number of benzene rings is 1. The summed E-state index contributed by atoms with van der Waals surface area (Å²) in [6.45, 7) is 0. The first-order valence-electron chi connectivity index (χ1n) is 5.52. The predicted molar refractivity (Wildman–Crippen MR) is 71.6 cm³/mol. The first kappa shape index (κ1) is 13.1. The summed E-state index contributed by atoms with van der Waals surface area (Å²) < 4.78 is 0. The molecule has 0 aliphatic rings. The van der Waals surface area contributed by atoms with Crippen molar-refractivity contribution in [3.05, 3.63) is 59.8 Å². The molecule has 0 saturated heterocycles. The number of nitrogens with zero attached hydrogens (tertiary/aromatic N) is 2. The molecule has 0 spiro atoms. The van der Waals surface area contributed by atoms with Gasteiger partial charge in [-0.05, 0) is 17.7 Å². The normalized spacial score (nSPS) is 11.5. The van der Waals surface area contributed by atoms with E-state index in [-0.39, 0.29) is 0 Å². The molecule has 0 radical (unpaired) electrons. The fourth-order valence-electron chi connectivity index (χ4n) is 1.57. The summed E-state index contributed by atoms with van der Waals surface area (Å²) in [4.78, 5) is 15.4. The third-order valence-corrected chi connectivity index (χ3v) is 3.71. The Bertz CT molecular complexity index is 623. The van der Waals surface area contributed by atoms with Gasteiger partial charge in [0, 0.05) is 6.20 Å². The molecule has 0 amide bonds. The van der Waals surface area contributed by atoms with E-state index in [0.717, 1.165) is 11.8 Å². The van der Waals surface area contributed by atoms with Gasteiger partial charge in [0.25, 0.3) is 0 Å². The minimum Gasteiger partial charge on any atom is -0.480 e. The summed E-state index contributed by atoms with van der Waals surface area (Å²) in [5, 5.41) is 18.0. The highest BCUT2D eigenvalue weighted by Gasteiger charge is 2.22. The van der Waals surface area contributed by atoms with E-state index >= 15 is 0 Å². The number of thioether (sulfide) groups is 1. The molecular weight excluding hydrogens is 260 g/mol. The molecule has 2 aromatic rings. The molecule has 2 rings (SSSR count). The number of aliphatic carboxylic acids is 1. The predicted octanol–water partition coefficient (Wildman–Crippen LogP) is 2.87. The van der Waals surface area contributed by atoms with Gasteiger partial charge in [0.1, 0.15) is 16.3 Å². The fourth-order valence-corrected chi connectivity index (χ4v) is 2.55. The van der Waals surface area contributed by atoms with Gasteiger partial charge in [-0.3, -0.25) is 4.79 Å². The molecule has 0 aliphatic carbocycles. The van der Waals surface area contributed by atoms with Gasteiger partial charge in [-0.25, -0.2) is 4.98 Å². The van der Waals surface area contributed by atoms with Crippen LogP contribution in [0.25, 0.3) is 0 Å². The zero-order valence-electron chi connectivity index (χ0n) is 9.85. The molecule has 5 heteroatoms. The van der Waals surface area contributed by atoms with Crippen LogP contribution in [0.2, 0.25) is 0 Å². The van der Waals surface area contributed by atoms with Crippen LogP contribution >= 0.6 is 11.8 Å². The summed E-state index contributed by atoms with van der Waals surface area (Å²) in [6, 6.07) is 14.2. The largest absolute Gasteiger partial charge is 0.480 e. The molecule has 1 heterocycles. The zero-order valence-corrected chi connectivity index (χ0v) is 10.7. The smallest absolute Gasteiger partial charge is 0.321 e. The Morgan fingerprint density at radius 1 is 1.26 bits per heavy atom. The number of hydrogen-bond donors (Lipinski definition) is 1. The maximum Gasteiger partial charge on any atom is 0.321 e. The van der Waals surface area contributed by atoms with Crippen molar-refractivity contribution in [2.24, 2.45) is 0 Å². The van der Waals surface area contributed by atoms with Gasteiger partial charge in [-0.1, -0.05) is 42.1 Å². The molecule has 1 N–H and O–H groups in total. The molecule has 0 saturated carbocycles. The van der Waals surface area contributed by atoms with E-state index < -0.39 is 11.2 Å². The lowest BCUT2D eigenvalue weighted by Crippen LogP contribution is -2.08. The topological polar surface area (TPSA) is 74.0 Å². The lowest BCUT2D eigenvalue weighted by molar-refractivity contribution is -0.136. The lowest BCUT2D eigenvalue weighted by atomic mass is 10.1. The molecule has 0 aliphatic heterocycles. The second kappa shape index (κ2) is 6.03. The van der Waals surface area contributed by atoms with Gasteiger partial charge in [0.05, 0.1) is 5.56 Å². The SMILES string of the molecule is N#Cc1cccnc1S[C@H](C(=O)O)c1ccccc1. The average molecular weight is 270 g/mol. The van der Waals surface area contributed by atoms with Gasteiger partial charge in [-0.2, -0.15) is 5.26 Å². The zero-order chi connectivity index (χ0) is 13.7. The highest BCUT2D eigenvalue weighted by atomic mass is 32.2. The van der Waals surface area contributed by atoms with E-state index in [0.29, 0.717) is 16.2 Å². The second-order valence-electron chi connectivity index (χ2n) is 3.71. The van der Waals surface area contributed by atoms with Crippen LogP contribution in [0.4, 0.5) is 0 Å². The summed E-state index contributed by atoms with van der Waals surface area (Å²) in [5.74, 6) is -0.953. The highest BCUT2D eigenvalue weighted by Crippen LogP contribution is 2.35. The number of rotatable bonds is 4. The number of hydrogen-bond acceptors (Lipinski definition) is 4. The Labute approximate surface area is 114 Å². The van der Waals surface area contributed by atoms with Crippen molar-refractivity contribution >= 4 is 17.7 Å². The number of aromatic nitrogens is 1. The Hall–Kier alpha value is -2.32. The van der Waals surface area contributed by atoms with E-state index in [2.05, 4.69) is 4.98 Å². The van der Waals surface area contributed by atoms with Crippen LogP contribution in [0.1, 0.15) is 16.4 Å². The van der Waals surface area contributed by atoms with Crippen LogP contribution in [0.5, 0.6) is 0 Å². The van der Waals surface area contributed by atoms with Crippen molar-refractivity contribution in [1.29, 1.82) is 5.26 Å². The molecule has 1 atom stereocenters. The first-order valence-corrected chi connectivity index (χ1v) is 6.40. The van der Waals surface area contributed by atoms with E-state index in [9.17, 15) is 9.90 Å². The molecular formula is C14H10N2O2S. The molecule has 94 valence electrons. The minimum atomic E-state index is -0.953. The van der Waals surface area contributed by atoms with Crippen LogP contribution in [0.15, 0.2) is 53.7 Å². The molecule has 1 aromatic heterocycles. The number of carboxylic acid groups (broad SMARTS) is 1. The fraction of sp³-hybridized carbons (Fsp3) is 0.0714. The molecule has 0 unspecified atom stereocenters. The van der Waals surface area contributed by atoms with Crippen molar-refractivity contribution in [2.45, 2.75) is 10.3 Å².